The molecule has 0 radical (unpaired) electrons. The number of rotatable bonds is 13. The van der Waals surface area contributed by atoms with E-state index in [4.69, 9.17) is 23.7 Å². The zero-order chi connectivity index (χ0) is 49.0. The first-order valence-corrected chi connectivity index (χ1v) is 21.5. The monoisotopic (exact) mass is 937 g/mol. The lowest BCUT2D eigenvalue weighted by Gasteiger charge is -2.46. The number of hydrogen-bond donors (Lipinski definition) is 2. The molecule has 3 heterocycles. The lowest BCUT2D eigenvalue weighted by atomic mass is 9.65. The maximum atomic E-state index is 16.1. The molecule has 352 valence electrons. The van der Waals surface area contributed by atoms with E-state index in [-0.39, 0.29) is 53.4 Å². The largest absolute Gasteiger partial charge is 0.491 e. The molecule has 18 nitrogen and oxygen atoms in total. The first-order chi connectivity index (χ1) is 33.3. The summed E-state index contributed by atoms with van der Waals surface area (Å²) < 4.78 is 27.4. The standard InChI is InChI=1S/C51H43N3O15/c1-65-46(58)37(47(59)66-2)18-9-11-30-21-24-39-38(27-30)51(49(61)52(39)50(62)68-29-31-19-22-35(23-20-31)54(63)64)40(45(56)57)42-48(60)69-43(33-14-7-4-8-15-33)41(32-12-5-3-6-13-32)53(42)44(51)34-16-10-17-36(28-34)67-26-25-55/h3-8,10,12-17,19-24,27-28,37,40-44,55H,18,25-26,29H2,1-2H3,(H,56,57). The molecule has 1 spiro atoms. The van der Waals surface area contributed by atoms with Gasteiger partial charge in [-0.25, -0.2) is 9.69 Å². The van der Waals surface area contributed by atoms with Crippen LogP contribution in [0.5, 0.6) is 5.75 Å². The second-order valence-corrected chi connectivity index (χ2v) is 16.2. The van der Waals surface area contributed by atoms with Crippen molar-refractivity contribution in [2.45, 2.75) is 42.7 Å². The van der Waals surface area contributed by atoms with Crippen LogP contribution in [0.15, 0.2) is 127 Å². The zero-order valence-electron chi connectivity index (χ0n) is 37.0. The number of aliphatic carboxylic acids is 1. The molecule has 6 unspecified atom stereocenters. The smallest absolute Gasteiger partial charge is 0.421 e. The molecule has 5 aromatic carbocycles. The van der Waals surface area contributed by atoms with Gasteiger partial charge in [-0.2, -0.15) is 0 Å². The second-order valence-electron chi connectivity index (χ2n) is 16.2. The van der Waals surface area contributed by atoms with Crippen LogP contribution >= 0.6 is 0 Å². The number of nitro benzene ring substituents is 1. The van der Waals surface area contributed by atoms with E-state index in [1.807, 2.05) is 0 Å². The van der Waals surface area contributed by atoms with E-state index in [0.29, 0.717) is 21.6 Å². The summed E-state index contributed by atoms with van der Waals surface area (Å²) in [6.45, 7) is -0.927. The number of cyclic esters (lactones) is 1. The molecule has 8 rings (SSSR count). The number of non-ortho nitro benzene ring substituents is 1. The summed E-state index contributed by atoms with van der Waals surface area (Å²) in [5, 5.41) is 32.7. The van der Waals surface area contributed by atoms with Gasteiger partial charge in [-0.05, 0) is 70.3 Å². The van der Waals surface area contributed by atoms with Crippen molar-refractivity contribution in [3.63, 3.8) is 0 Å². The number of imide groups is 1. The van der Waals surface area contributed by atoms with Crippen LogP contribution in [0.25, 0.3) is 0 Å². The van der Waals surface area contributed by atoms with Crippen molar-refractivity contribution in [2.24, 2.45) is 11.8 Å². The van der Waals surface area contributed by atoms with E-state index in [1.165, 1.54) is 42.5 Å². The Kier molecular flexibility index (Phi) is 13.5. The number of carbonyl (C=O) groups is 6. The van der Waals surface area contributed by atoms with E-state index in [0.717, 1.165) is 14.2 Å². The van der Waals surface area contributed by atoms with E-state index in [1.54, 1.807) is 89.8 Å². The molecule has 0 aromatic heterocycles. The van der Waals surface area contributed by atoms with Gasteiger partial charge >= 0.3 is 30.0 Å². The lowest BCUT2D eigenvalue weighted by molar-refractivity contribution is -0.384. The maximum absolute atomic E-state index is 16.1. The van der Waals surface area contributed by atoms with Crippen LogP contribution in [0.3, 0.4) is 0 Å². The predicted octanol–water partition coefficient (Wildman–Crippen LogP) is 5.76. The second kappa shape index (κ2) is 19.8. The summed E-state index contributed by atoms with van der Waals surface area (Å²) in [7, 11) is 2.20. The number of morpholine rings is 1. The number of nitro groups is 1. The van der Waals surface area contributed by atoms with Gasteiger partial charge in [0.15, 0.2) is 5.92 Å². The van der Waals surface area contributed by atoms with Crippen LogP contribution in [0, 0.1) is 33.8 Å². The summed E-state index contributed by atoms with van der Waals surface area (Å²) in [5.74, 6) is -2.89. The molecule has 0 bridgehead atoms. The summed E-state index contributed by atoms with van der Waals surface area (Å²) in [6, 6.07) is 29.6. The third kappa shape index (κ3) is 8.60. The van der Waals surface area contributed by atoms with Gasteiger partial charge in [0.05, 0.1) is 43.5 Å². The van der Waals surface area contributed by atoms with E-state index in [2.05, 4.69) is 11.8 Å². The number of aliphatic hydroxyl groups is 1. The average Bonchev–Trinajstić information content (AvgIpc) is 3.83. The molecule has 0 saturated carbocycles. The number of benzene rings is 5. The Bertz CT molecular complexity index is 2870. The number of methoxy groups -OCH3 is 2. The van der Waals surface area contributed by atoms with Gasteiger partial charge in [-0.3, -0.25) is 39.0 Å². The number of carbonyl (C=O) groups excluding carboxylic acids is 5. The highest BCUT2D eigenvalue weighted by atomic mass is 16.6. The van der Waals surface area contributed by atoms with E-state index < -0.39 is 88.9 Å². The third-order valence-electron chi connectivity index (χ3n) is 12.5. The number of ether oxygens (including phenoxy) is 5. The number of nitrogens with zero attached hydrogens (tertiary/aromatic N) is 3. The molecule has 18 heteroatoms. The number of carboxylic acid groups (broad SMARTS) is 1. The van der Waals surface area contributed by atoms with Crippen LogP contribution in [-0.2, 0) is 54.9 Å². The first-order valence-electron chi connectivity index (χ1n) is 21.5. The van der Waals surface area contributed by atoms with Crippen molar-refractivity contribution in [1.82, 2.24) is 4.90 Å². The zero-order valence-corrected chi connectivity index (χ0v) is 37.0. The molecule has 2 fully saturated rings. The fraction of sp³-hybridized carbons (Fsp3) is 0.255. The lowest BCUT2D eigenvalue weighted by Crippen LogP contribution is -2.53. The molecule has 6 atom stereocenters. The highest BCUT2D eigenvalue weighted by molar-refractivity contribution is 6.23. The fourth-order valence-corrected chi connectivity index (χ4v) is 9.61. The Morgan fingerprint density at radius 1 is 0.826 bits per heavy atom. The van der Waals surface area contributed by atoms with Crippen molar-refractivity contribution in [1.29, 1.82) is 0 Å². The summed E-state index contributed by atoms with van der Waals surface area (Å²) in [6.07, 6.45) is -2.65. The number of carboxylic acids is 1. The number of hydrogen-bond acceptors (Lipinski definition) is 15. The Morgan fingerprint density at radius 2 is 1.48 bits per heavy atom. The molecule has 69 heavy (non-hydrogen) atoms. The van der Waals surface area contributed by atoms with Crippen molar-refractivity contribution in [3.05, 3.63) is 171 Å². The number of anilines is 1. The van der Waals surface area contributed by atoms with Gasteiger partial charge in [-0.1, -0.05) is 84.6 Å². The molecule has 2 N–H and O–H groups in total. The van der Waals surface area contributed by atoms with Gasteiger partial charge in [0.1, 0.15) is 42.4 Å². The molecule has 3 aliphatic rings. The molecule has 2 saturated heterocycles. The van der Waals surface area contributed by atoms with E-state index >= 15 is 4.79 Å². The number of aliphatic hydroxyl groups excluding tert-OH is 1. The SMILES string of the molecule is COC(=O)C(CC#Cc1ccc2c(c1)C1(C(=O)N2C(=O)OCc2ccc([N+](=O)[O-])cc2)C(C(=O)O)C2C(=O)OC(c3ccccc3)C(c3ccccc3)N2C1c1cccc(OCCO)c1)C(=O)OC. The van der Waals surface area contributed by atoms with Crippen LogP contribution in [0.1, 0.15) is 58.0 Å². The normalized spacial score (nSPS) is 21.3. The van der Waals surface area contributed by atoms with Crippen LogP contribution in [-0.4, -0.2) is 89.4 Å². The highest BCUT2D eigenvalue weighted by Gasteiger charge is 2.76. The van der Waals surface area contributed by atoms with E-state index in [9.17, 15) is 44.3 Å². The molecule has 0 aliphatic carbocycles. The number of fused-ring (bicyclic) bond motifs is 3. The van der Waals surface area contributed by atoms with Crippen LogP contribution in [0.4, 0.5) is 16.2 Å². The quantitative estimate of drug-likeness (QED) is 0.0356. The third-order valence-corrected chi connectivity index (χ3v) is 12.5. The van der Waals surface area contributed by atoms with Crippen molar-refractivity contribution in [2.75, 3.05) is 32.3 Å². The Morgan fingerprint density at radius 3 is 2.10 bits per heavy atom. The first kappa shape index (κ1) is 47.1. The van der Waals surface area contributed by atoms with Crippen molar-refractivity contribution >= 4 is 47.3 Å². The summed E-state index contributed by atoms with van der Waals surface area (Å²) in [4.78, 5) is 98.1. The highest BCUT2D eigenvalue weighted by Crippen LogP contribution is 2.66. The average molecular weight is 938 g/mol. The summed E-state index contributed by atoms with van der Waals surface area (Å²) >= 11 is 0. The minimum absolute atomic E-state index is 0.0339. The number of amides is 2. The molecular formula is C51H43N3O15. The van der Waals surface area contributed by atoms with Crippen LogP contribution < -0.4 is 9.64 Å². The Balaban J connectivity index is 1.38. The molecule has 5 aromatic rings. The Labute approximate surface area is 394 Å². The minimum Gasteiger partial charge on any atom is -0.491 e. The molecular weight excluding hydrogens is 895 g/mol. The van der Waals surface area contributed by atoms with Gasteiger partial charge in [-0.15, -0.1) is 0 Å². The van der Waals surface area contributed by atoms with Gasteiger partial charge in [0, 0.05) is 24.1 Å². The number of esters is 3. The Hall–Kier alpha value is -8.40. The summed E-state index contributed by atoms with van der Waals surface area (Å²) in [5.41, 5.74) is -0.793. The van der Waals surface area contributed by atoms with Crippen LogP contribution in [0.2, 0.25) is 0 Å². The topological polar surface area (TPSA) is 239 Å². The van der Waals surface area contributed by atoms with Gasteiger partial charge in [0.2, 0.25) is 5.91 Å². The minimum atomic E-state index is -2.39. The maximum Gasteiger partial charge on any atom is 0.421 e. The molecule has 3 aliphatic heterocycles. The van der Waals surface area contributed by atoms with Gasteiger partial charge in [0.25, 0.3) is 5.69 Å². The van der Waals surface area contributed by atoms with Gasteiger partial charge < -0.3 is 33.9 Å². The molecule has 2 amide bonds. The predicted molar refractivity (Wildman–Crippen MR) is 241 cm³/mol. The fourth-order valence-electron chi connectivity index (χ4n) is 9.61. The van der Waals surface area contributed by atoms with Crippen molar-refractivity contribution < 1.29 is 67.6 Å². The van der Waals surface area contributed by atoms with Crippen molar-refractivity contribution in [3.8, 4) is 17.6 Å².